The van der Waals surface area contributed by atoms with Gasteiger partial charge in [-0.3, -0.25) is 0 Å². The van der Waals surface area contributed by atoms with Gasteiger partial charge in [0.25, 0.3) is 0 Å². The van der Waals surface area contributed by atoms with Crippen molar-refractivity contribution < 1.29 is 56.4 Å². The lowest BCUT2D eigenvalue weighted by Crippen LogP contribution is -2.07. The third-order valence-electron chi connectivity index (χ3n) is 6.17. The molecule has 8 nitrogen and oxygen atoms in total. The van der Waals surface area contributed by atoms with E-state index in [1.165, 1.54) is 60.7 Å². The van der Waals surface area contributed by atoms with Crippen LogP contribution >= 0.6 is 15.9 Å². The molecule has 0 spiro atoms. The second-order valence-electron chi connectivity index (χ2n) is 9.62. The Balaban J connectivity index is 0.000000270. The molecule has 47 heavy (non-hydrogen) atoms. The van der Waals surface area contributed by atoms with Gasteiger partial charge in [0.2, 0.25) is 0 Å². The molecule has 4 aromatic rings. The molecule has 0 aliphatic heterocycles. The summed E-state index contributed by atoms with van der Waals surface area (Å²) in [5, 5.41) is 39.5. The number of carboxylic acids is 2. The lowest BCUT2D eigenvalue weighted by atomic mass is 10.1. The van der Waals surface area contributed by atoms with Crippen LogP contribution in [-0.4, -0.2) is 44.2 Å². The lowest BCUT2D eigenvalue weighted by molar-refractivity contribution is -0.138. The number of nitrogen functional groups attached to an aromatic ring is 1. The number of alkyl halides is 7. The summed E-state index contributed by atoms with van der Waals surface area (Å²) >= 11 is 3.22. The van der Waals surface area contributed by atoms with Gasteiger partial charge in [-0.1, -0.05) is 40.2 Å². The molecule has 4 aromatic carbocycles. The number of carboxylic acid groups (broad SMARTS) is 2. The van der Waals surface area contributed by atoms with Crippen LogP contribution in [0.4, 0.5) is 37.7 Å². The molecule has 0 saturated heterocycles. The fourth-order valence-corrected chi connectivity index (χ4v) is 4.18. The maximum Gasteiger partial charge on any atom is 0.416 e. The van der Waals surface area contributed by atoms with Crippen LogP contribution in [0.5, 0.6) is 11.5 Å². The van der Waals surface area contributed by atoms with E-state index in [1.807, 2.05) is 0 Å². The molecular weight excluding hydrogens is 702 g/mol. The van der Waals surface area contributed by atoms with E-state index in [-0.39, 0.29) is 22.6 Å². The standard InChI is InChI=1S/C16H14F3NO3.C9H8BrF3.C7H7NO3/c17-16(18,19)11-3-1-10(2-4-11)7-8-20-12-5-6-14(21)13(9-12)15(22)23;10-6-5-7-1-3-8(4-2-7)9(11,12)13;8-4-1-2-6(9)5(3-4)7(10)11/h1-6,9,20-21H,7-8H2,(H,22,23);1-4H,5-6H2;1-3,9H,8H2,(H,10,11). The maximum atomic E-state index is 12.4. The topological polar surface area (TPSA) is 153 Å². The molecule has 0 atom stereocenters. The summed E-state index contributed by atoms with van der Waals surface area (Å²) in [7, 11) is 0. The number of nitrogens with two attached hydrogens (primary N) is 1. The van der Waals surface area contributed by atoms with E-state index in [2.05, 4.69) is 21.2 Å². The van der Waals surface area contributed by atoms with Crippen molar-refractivity contribution in [3.63, 3.8) is 0 Å². The third-order valence-corrected chi connectivity index (χ3v) is 6.56. The number of aromatic carboxylic acids is 2. The van der Waals surface area contributed by atoms with Crippen molar-refractivity contribution in [1.82, 2.24) is 0 Å². The van der Waals surface area contributed by atoms with Crippen LogP contribution in [0.1, 0.15) is 43.0 Å². The molecule has 0 heterocycles. The largest absolute Gasteiger partial charge is 0.507 e. The van der Waals surface area contributed by atoms with Crippen LogP contribution in [0.15, 0.2) is 84.9 Å². The number of anilines is 2. The first-order valence-electron chi connectivity index (χ1n) is 13.4. The zero-order valence-electron chi connectivity index (χ0n) is 24.2. The highest BCUT2D eigenvalue weighted by molar-refractivity contribution is 9.09. The van der Waals surface area contributed by atoms with E-state index < -0.39 is 35.4 Å². The lowest BCUT2D eigenvalue weighted by Gasteiger charge is -2.10. The molecule has 4 rings (SSSR count). The second kappa shape index (κ2) is 17.1. The fourth-order valence-electron chi connectivity index (χ4n) is 3.72. The summed E-state index contributed by atoms with van der Waals surface area (Å²) in [5.41, 5.74) is 6.07. The monoisotopic (exact) mass is 730 g/mol. The van der Waals surface area contributed by atoms with Gasteiger partial charge in [0.05, 0.1) is 11.1 Å². The van der Waals surface area contributed by atoms with Gasteiger partial charge >= 0.3 is 24.3 Å². The number of halogens is 7. The van der Waals surface area contributed by atoms with Crippen molar-refractivity contribution in [1.29, 1.82) is 0 Å². The van der Waals surface area contributed by atoms with Crippen molar-refractivity contribution in [3.05, 3.63) is 118 Å². The van der Waals surface area contributed by atoms with E-state index >= 15 is 0 Å². The average molecular weight is 731 g/mol. The molecule has 0 aliphatic rings. The molecule has 0 aliphatic carbocycles. The van der Waals surface area contributed by atoms with E-state index in [1.54, 1.807) is 0 Å². The van der Waals surface area contributed by atoms with Crippen LogP contribution in [0.2, 0.25) is 0 Å². The molecule has 15 heteroatoms. The summed E-state index contributed by atoms with van der Waals surface area (Å²) in [4.78, 5) is 21.3. The first-order valence-corrected chi connectivity index (χ1v) is 14.5. The molecule has 0 amide bonds. The van der Waals surface area contributed by atoms with Gasteiger partial charge in [-0.05, 0) is 84.6 Å². The van der Waals surface area contributed by atoms with Gasteiger partial charge in [-0.15, -0.1) is 0 Å². The number of hydrogen-bond donors (Lipinski definition) is 6. The van der Waals surface area contributed by atoms with Crippen LogP contribution < -0.4 is 11.1 Å². The fraction of sp³-hybridized carbons (Fsp3) is 0.188. The zero-order chi connectivity index (χ0) is 35.4. The Labute approximate surface area is 273 Å². The van der Waals surface area contributed by atoms with Gasteiger partial charge in [0, 0.05) is 23.2 Å². The SMILES string of the molecule is FC(F)(F)c1ccc(CCBr)cc1.Nc1ccc(O)c(C(=O)O)c1.O=C(O)c1cc(NCCc2ccc(C(F)(F)F)cc2)ccc1O. The molecule has 0 fully saturated rings. The summed E-state index contributed by atoms with van der Waals surface area (Å²) in [5.74, 6) is -3.03. The molecule has 0 aromatic heterocycles. The first-order chi connectivity index (χ1) is 21.9. The molecule has 0 radical (unpaired) electrons. The summed E-state index contributed by atoms with van der Waals surface area (Å²) in [6.07, 6.45) is -7.36. The van der Waals surface area contributed by atoms with Gasteiger partial charge in [0.1, 0.15) is 22.6 Å². The molecule has 7 N–H and O–H groups in total. The number of benzene rings is 4. The number of rotatable bonds is 8. The summed E-state index contributed by atoms with van der Waals surface area (Å²) < 4.78 is 73.6. The van der Waals surface area contributed by atoms with Crippen LogP contribution in [0.25, 0.3) is 0 Å². The van der Waals surface area contributed by atoms with Gasteiger partial charge in [-0.25, -0.2) is 9.59 Å². The van der Waals surface area contributed by atoms with Crippen molar-refractivity contribution >= 4 is 39.2 Å². The molecule has 0 bridgehead atoms. The van der Waals surface area contributed by atoms with E-state index in [4.69, 9.17) is 21.1 Å². The number of hydrogen-bond acceptors (Lipinski definition) is 6. The molecule has 0 saturated carbocycles. The minimum Gasteiger partial charge on any atom is -0.507 e. The van der Waals surface area contributed by atoms with Gasteiger partial charge < -0.3 is 31.5 Å². The molecular formula is C32H29BrF6N2O6. The Hall–Kier alpha value is -4.92. The Morgan fingerprint density at radius 3 is 1.49 bits per heavy atom. The molecule has 252 valence electrons. The average Bonchev–Trinajstić information content (AvgIpc) is 2.99. The predicted molar refractivity (Wildman–Crippen MR) is 167 cm³/mol. The number of phenols is 2. The highest BCUT2D eigenvalue weighted by atomic mass is 79.9. The Kier molecular flexibility index (Phi) is 13.9. The van der Waals surface area contributed by atoms with Crippen molar-refractivity contribution in [2.24, 2.45) is 0 Å². The quantitative estimate of drug-likeness (QED) is 0.0461. The van der Waals surface area contributed by atoms with Gasteiger partial charge in [-0.2, -0.15) is 26.3 Å². The van der Waals surface area contributed by atoms with Crippen molar-refractivity contribution in [2.45, 2.75) is 25.2 Å². The number of aromatic hydroxyl groups is 2. The van der Waals surface area contributed by atoms with E-state index in [0.29, 0.717) is 24.3 Å². The first kappa shape index (κ1) is 38.3. The third kappa shape index (κ3) is 12.8. The number of nitrogens with one attached hydrogen (secondary N) is 1. The predicted octanol–water partition coefficient (Wildman–Crippen LogP) is 8.08. The second-order valence-corrected chi connectivity index (χ2v) is 10.4. The minimum absolute atomic E-state index is 0.176. The minimum atomic E-state index is -4.35. The highest BCUT2D eigenvalue weighted by Gasteiger charge is 2.30. The van der Waals surface area contributed by atoms with E-state index in [0.717, 1.165) is 47.1 Å². The van der Waals surface area contributed by atoms with Crippen LogP contribution in [-0.2, 0) is 25.2 Å². The number of carbonyl (C=O) groups is 2. The van der Waals surface area contributed by atoms with Crippen LogP contribution in [0.3, 0.4) is 0 Å². The van der Waals surface area contributed by atoms with Crippen molar-refractivity contribution in [3.8, 4) is 11.5 Å². The Morgan fingerprint density at radius 1 is 0.660 bits per heavy atom. The normalized spacial score (nSPS) is 11.0. The Bertz CT molecular complexity index is 1630. The van der Waals surface area contributed by atoms with Crippen molar-refractivity contribution in [2.75, 3.05) is 22.9 Å². The molecule has 0 unspecified atom stereocenters. The van der Waals surface area contributed by atoms with Gasteiger partial charge in [0.15, 0.2) is 0 Å². The highest BCUT2D eigenvalue weighted by Crippen LogP contribution is 2.30. The number of aryl methyl sites for hydroxylation is 1. The Morgan fingerprint density at radius 2 is 1.09 bits per heavy atom. The summed E-state index contributed by atoms with van der Waals surface area (Å²) in [6.45, 7) is 0.412. The maximum absolute atomic E-state index is 12.4. The smallest absolute Gasteiger partial charge is 0.416 e. The summed E-state index contributed by atoms with van der Waals surface area (Å²) in [6, 6.07) is 18.1. The zero-order valence-corrected chi connectivity index (χ0v) is 25.8. The van der Waals surface area contributed by atoms with E-state index in [9.17, 15) is 41.0 Å². The van der Waals surface area contributed by atoms with Crippen LogP contribution in [0, 0.1) is 0 Å².